The van der Waals surface area contributed by atoms with Crippen molar-refractivity contribution in [2.45, 2.75) is 44.0 Å². The molecule has 206 valence electrons. The summed E-state index contributed by atoms with van der Waals surface area (Å²) in [7, 11) is 0. The molecule has 3 aromatic rings. The van der Waals surface area contributed by atoms with Gasteiger partial charge in [0.15, 0.2) is 11.6 Å². The van der Waals surface area contributed by atoms with Crippen molar-refractivity contribution in [1.29, 1.82) is 0 Å². The van der Waals surface area contributed by atoms with E-state index in [9.17, 15) is 54.2 Å². The van der Waals surface area contributed by atoms with E-state index >= 15 is 0 Å². The molecule has 2 aromatic carbocycles. The lowest BCUT2D eigenvalue weighted by Gasteiger charge is -2.22. The van der Waals surface area contributed by atoms with Crippen molar-refractivity contribution in [1.82, 2.24) is 9.13 Å². The van der Waals surface area contributed by atoms with Crippen LogP contribution in [0.25, 0.3) is 0 Å². The molecular weight excluding hydrogens is 559 g/mol. The predicted octanol–water partition coefficient (Wildman–Crippen LogP) is 5.42. The van der Waals surface area contributed by atoms with Crippen molar-refractivity contribution in [2.24, 2.45) is 0 Å². The molecule has 0 aliphatic carbocycles. The molecule has 0 atom stereocenters. The van der Waals surface area contributed by atoms with Crippen molar-refractivity contribution in [3.63, 3.8) is 0 Å². The molecule has 5 nitrogen and oxygen atoms in total. The first kappa shape index (κ1) is 29.1. The van der Waals surface area contributed by atoms with Crippen molar-refractivity contribution in [2.75, 3.05) is 0 Å². The van der Waals surface area contributed by atoms with Crippen LogP contribution in [0.15, 0.2) is 52.1 Å². The monoisotopic (exact) mass is 574 g/mol. The summed E-state index contributed by atoms with van der Waals surface area (Å²) >= 11 is 5.46. The topological polar surface area (TPSA) is 64.2 Å². The van der Waals surface area contributed by atoms with Crippen LogP contribution >= 0.6 is 11.6 Å². The molecule has 15 heteroatoms. The fourth-order valence-corrected chi connectivity index (χ4v) is 3.86. The first-order valence-electron chi connectivity index (χ1n) is 10.5. The third kappa shape index (κ3) is 6.71. The average Bonchev–Trinajstić information content (AvgIpc) is 2.78. The average molecular weight is 575 g/mol. The Balaban J connectivity index is 1.90. The highest BCUT2D eigenvalue weighted by Crippen LogP contribution is 2.36. The maximum Gasteiger partial charge on any atom is 0.417 e. The molecule has 0 saturated heterocycles. The van der Waals surface area contributed by atoms with E-state index in [-0.39, 0.29) is 15.2 Å². The van der Waals surface area contributed by atoms with Gasteiger partial charge < -0.3 is 5.11 Å². The zero-order valence-electron chi connectivity index (χ0n) is 18.8. The molecule has 0 spiro atoms. The van der Waals surface area contributed by atoms with E-state index in [0.717, 1.165) is 24.3 Å². The quantitative estimate of drug-likeness (QED) is 0.366. The Kier molecular flexibility index (Phi) is 7.97. The predicted molar refractivity (Wildman–Crippen MR) is 117 cm³/mol. The minimum atomic E-state index is -4.95. The van der Waals surface area contributed by atoms with Gasteiger partial charge >= 0.3 is 11.9 Å². The highest BCUT2D eigenvalue weighted by atomic mass is 35.5. The number of hydrogen-bond donors (Lipinski definition) is 1. The number of benzene rings is 2. The molecular formula is C23H16ClF9N2O3. The number of halogens is 10. The molecule has 1 heterocycles. The van der Waals surface area contributed by atoms with Gasteiger partial charge in [-0.1, -0.05) is 29.8 Å². The largest absolute Gasteiger partial charge is 0.494 e. The number of rotatable bonds is 8. The van der Waals surface area contributed by atoms with Crippen LogP contribution in [0.1, 0.15) is 16.7 Å². The summed E-state index contributed by atoms with van der Waals surface area (Å²) in [6.07, 6.45) is -7.79. The van der Waals surface area contributed by atoms with Gasteiger partial charge in [-0.3, -0.25) is 13.9 Å². The number of alkyl halides is 7. The molecule has 0 unspecified atom stereocenters. The first-order chi connectivity index (χ1) is 17.4. The van der Waals surface area contributed by atoms with Crippen LogP contribution in [0.2, 0.25) is 5.02 Å². The molecule has 38 heavy (non-hydrogen) atoms. The molecule has 0 radical (unpaired) electrons. The molecule has 0 aliphatic heterocycles. The minimum Gasteiger partial charge on any atom is -0.494 e. The maximum absolute atomic E-state index is 14.7. The molecule has 0 fully saturated rings. The lowest BCUT2D eigenvalue weighted by molar-refractivity contribution is -0.137. The highest BCUT2D eigenvalue weighted by Gasteiger charge is 2.37. The third-order valence-corrected chi connectivity index (χ3v) is 5.65. The van der Waals surface area contributed by atoms with Crippen LogP contribution in [-0.4, -0.2) is 26.1 Å². The molecule has 0 bridgehead atoms. The first-order valence-corrected chi connectivity index (χ1v) is 10.9. The zero-order chi connectivity index (χ0) is 28.6. The normalized spacial score (nSPS) is 12.7. The summed E-state index contributed by atoms with van der Waals surface area (Å²) < 4.78 is 125. The van der Waals surface area contributed by atoms with Gasteiger partial charge in [0, 0.05) is 12.8 Å². The van der Waals surface area contributed by atoms with Crippen molar-refractivity contribution >= 4 is 11.6 Å². The Morgan fingerprint density at radius 2 is 1.42 bits per heavy atom. The summed E-state index contributed by atoms with van der Waals surface area (Å²) in [6.45, 7) is -3.44. The number of aromatic hydroxyl groups is 1. The smallest absolute Gasteiger partial charge is 0.417 e. The summed E-state index contributed by atoms with van der Waals surface area (Å²) in [5.41, 5.74) is -6.01. The zero-order valence-corrected chi connectivity index (χ0v) is 19.6. The SMILES string of the molecule is O=c1cc(O)n(CC(F)(F)Cc2ccc(Cl)c(C(F)(F)F)c2)c(=O)n1CC(F)(F)Cc1cccc(F)c1F. The van der Waals surface area contributed by atoms with Gasteiger partial charge in [0.1, 0.15) is 0 Å². The van der Waals surface area contributed by atoms with E-state index < -0.39 is 94.4 Å². The van der Waals surface area contributed by atoms with Crippen LogP contribution in [0.5, 0.6) is 5.88 Å². The minimum absolute atomic E-state index is 0.110. The Bertz CT molecular complexity index is 1470. The van der Waals surface area contributed by atoms with E-state index in [4.69, 9.17) is 11.6 Å². The molecule has 3 rings (SSSR count). The molecule has 0 aliphatic rings. The van der Waals surface area contributed by atoms with Crippen molar-refractivity contribution in [3.8, 4) is 5.88 Å². The summed E-state index contributed by atoms with van der Waals surface area (Å²) in [5, 5.41) is 9.14. The van der Waals surface area contributed by atoms with Crippen LogP contribution in [-0.2, 0) is 32.1 Å². The van der Waals surface area contributed by atoms with E-state index in [1.165, 1.54) is 0 Å². The standard InChI is InChI=1S/C23H16ClF9N2O3/c24-15-5-4-12(6-14(15)23(31,32)33)8-21(27,28)10-34-17(36)7-18(37)35(20(34)38)11-22(29,30)9-13-2-1-3-16(25)19(13)26/h1-7,36H,8-11H2. The van der Waals surface area contributed by atoms with Crippen molar-refractivity contribution in [3.05, 3.63) is 96.7 Å². The summed E-state index contributed by atoms with van der Waals surface area (Å²) in [5.74, 6) is -12.4. The van der Waals surface area contributed by atoms with E-state index in [2.05, 4.69) is 0 Å². The van der Waals surface area contributed by atoms with Crippen molar-refractivity contribution < 1.29 is 44.6 Å². The maximum atomic E-state index is 14.7. The van der Waals surface area contributed by atoms with Crippen LogP contribution in [0, 0.1) is 11.6 Å². The van der Waals surface area contributed by atoms with Crippen LogP contribution in [0.4, 0.5) is 39.5 Å². The fraction of sp³-hybridized carbons (Fsp3) is 0.304. The van der Waals surface area contributed by atoms with Gasteiger partial charge in [-0.25, -0.2) is 31.1 Å². The Morgan fingerprint density at radius 1 is 0.816 bits per heavy atom. The summed E-state index contributed by atoms with van der Waals surface area (Å²) in [4.78, 5) is 24.7. The second-order valence-corrected chi connectivity index (χ2v) is 8.79. The number of hydrogen-bond acceptors (Lipinski definition) is 3. The lowest BCUT2D eigenvalue weighted by atomic mass is 10.0. The molecule has 1 N–H and O–H groups in total. The Labute approximate surface area is 212 Å². The van der Waals surface area contributed by atoms with E-state index in [1.807, 2.05) is 0 Å². The lowest BCUT2D eigenvalue weighted by Crippen LogP contribution is -2.46. The fourth-order valence-electron chi connectivity index (χ4n) is 3.63. The van der Waals surface area contributed by atoms with Crippen LogP contribution in [0.3, 0.4) is 0 Å². The van der Waals surface area contributed by atoms with Gasteiger partial charge in [-0.05, 0) is 29.3 Å². The second kappa shape index (κ2) is 10.4. The van der Waals surface area contributed by atoms with Crippen LogP contribution < -0.4 is 11.2 Å². The van der Waals surface area contributed by atoms with E-state index in [1.54, 1.807) is 0 Å². The van der Waals surface area contributed by atoms with Gasteiger partial charge in [0.05, 0.1) is 29.7 Å². The van der Waals surface area contributed by atoms with Gasteiger partial charge in [-0.15, -0.1) is 0 Å². The number of aromatic nitrogens is 2. The van der Waals surface area contributed by atoms with Gasteiger partial charge in [0.25, 0.3) is 17.4 Å². The summed E-state index contributed by atoms with van der Waals surface area (Å²) in [6, 6.07) is 4.65. The molecule has 0 saturated carbocycles. The van der Waals surface area contributed by atoms with Gasteiger partial charge in [-0.2, -0.15) is 13.2 Å². The van der Waals surface area contributed by atoms with E-state index in [0.29, 0.717) is 12.1 Å². The molecule has 1 aromatic heterocycles. The Hall–Kier alpha value is -3.42. The third-order valence-electron chi connectivity index (χ3n) is 5.32. The number of nitrogens with zero attached hydrogens (tertiary/aromatic N) is 2. The molecule has 0 amide bonds. The second-order valence-electron chi connectivity index (χ2n) is 8.39. The Morgan fingerprint density at radius 3 is 2.05 bits per heavy atom. The van der Waals surface area contributed by atoms with Gasteiger partial charge in [0.2, 0.25) is 5.88 Å². The highest BCUT2D eigenvalue weighted by molar-refractivity contribution is 6.31.